The Hall–Kier alpha value is -4.57. The van der Waals surface area contributed by atoms with Crippen molar-refractivity contribution in [3.63, 3.8) is 0 Å². The molecule has 10 nitrogen and oxygen atoms in total. The fraction of sp³-hybridized carbons (Fsp3) is 0.312. The molecule has 0 aliphatic carbocycles. The number of pyridine rings is 1. The van der Waals surface area contributed by atoms with Crippen molar-refractivity contribution >= 4 is 51.8 Å². The molecule has 1 saturated heterocycles. The zero-order valence-electron chi connectivity index (χ0n) is 24.8. The lowest BCUT2D eigenvalue weighted by Crippen LogP contribution is -2.55. The molecule has 1 unspecified atom stereocenters. The molecule has 2 amide bonds. The number of hydrogen-bond acceptors (Lipinski definition) is 6. The largest absolute Gasteiger partial charge is 0.350 e. The highest BCUT2D eigenvalue weighted by Gasteiger charge is 2.31. The minimum atomic E-state index is -0.289. The SMILES string of the molecule is C=CC(=O)N1CCN(C(=Nc2c(CC)cccc2CC)c2cc(Cl)c(-n3nnc4ccccc43)nc2NC(C)=O)C(C)C1. The van der Waals surface area contributed by atoms with Gasteiger partial charge >= 0.3 is 0 Å². The molecule has 0 spiro atoms. The average Bonchev–Trinajstić information content (AvgIpc) is 3.44. The lowest BCUT2D eigenvalue weighted by atomic mass is 10.0. The van der Waals surface area contributed by atoms with Gasteiger partial charge < -0.3 is 15.1 Å². The Kier molecular flexibility index (Phi) is 8.86. The number of para-hydroxylation sites is 2. The van der Waals surface area contributed by atoms with Crippen LogP contribution in [0.15, 0.2) is 66.2 Å². The van der Waals surface area contributed by atoms with Gasteiger partial charge in [-0.2, -0.15) is 4.68 Å². The van der Waals surface area contributed by atoms with Gasteiger partial charge in [-0.25, -0.2) is 9.98 Å². The summed E-state index contributed by atoms with van der Waals surface area (Å²) in [6.45, 7) is 12.8. The number of nitrogens with zero attached hydrogens (tertiary/aromatic N) is 7. The van der Waals surface area contributed by atoms with Crippen molar-refractivity contribution in [1.29, 1.82) is 0 Å². The Labute approximate surface area is 256 Å². The Morgan fingerprint density at radius 1 is 1.12 bits per heavy atom. The second-order valence-electron chi connectivity index (χ2n) is 10.5. The predicted octanol–water partition coefficient (Wildman–Crippen LogP) is 5.35. The lowest BCUT2D eigenvalue weighted by molar-refractivity contribution is -0.128. The van der Waals surface area contributed by atoms with Crippen molar-refractivity contribution in [3.05, 3.63) is 82.9 Å². The van der Waals surface area contributed by atoms with Crippen LogP contribution in [0, 0.1) is 0 Å². The van der Waals surface area contributed by atoms with E-state index in [-0.39, 0.29) is 17.9 Å². The van der Waals surface area contributed by atoms with Gasteiger partial charge in [-0.05, 0) is 55.2 Å². The Balaban J connectivity index is 1.73. The van der Waals surface area contributed by atoms with Crippen LogP contribution in [0.3, 0.4) is 0 Å². The minimum Gasteiger partial charge on any atom is -0.350 e. The van der Waals surface area contributed by atoms with Crippen molar-refractivity contribution < 1.29 is 9.59 Å². The molecule has 1 N–H and O–H groups in total. The lowest BCUT2D eigenvalue weighted by Gasteiger charge is -2.41. The molecule has 1 aliphatic heterocycles. The summed E-state index contributed by atoms with van der Waals surface area (Å²) in [6.07, 6.45) is 2.94. The van der Waals surface area contributed by atoms with E-state index in [2.05, 4.69) is 59.2 Å². The number of piperazine rings is 1. The maximum absolute atomic E-state index is 12.5. The maximum atomic E-state index is 12.5. The third-order valence-corrected chi connectivity index (χ3v) is 7.89. The van der Waals surface area contributed by atoms with Crippen molar-refractivity contribution in [3.8, 4) is 5.82 Å². The van der Waals surface area contributed by atoms with Crippen LogP contribution in [0.2, 0.25) is 5.02 Å². The molecular formula is C32H35ClN8O2. The topological polar surface area (TPSA) is 109 Å². The summed E-state index contributed by atoms with van der Waals surface area (Å²) < 4.78 is 1.56. The highest BCUT2D eigenvalue weighted by Crippen LogP contribution is 2.33. The van der Waals surface area contributed by atoms with Crippen LogP contribution in [0.5, 0.6) is 0 Å². The van der Waals surface area contributed by atoms with Crippen molar-refractivity contribution in [2.75, 3.05) is 25.0 Å². The number of anilines is 1. The first kappa shape index (κ1) is 29.9. The number of aliphatic imine (C=N–C) groups is 1. The first-order valence-electron chi connectivity index (χ1n) is 14.4. The molecule has 0 radical (unpaired) electrons. The van der Waals surface area contributed by atoms with Crippen LogP contribution in [0.25, 0.3) is 16.9 Å². The zero-order valence-corrected chi connectivity index (χ0v) is 25.6. The van der Waals surface area contributed by atoms with Gasteiger partial charge in [0.25, 0.3) is 0 Å². The monoisotopic (exact) mass is 598 g/mol. The summed E-state index contributed by atoms with van der Waals surface area (Å²) in [5, 5.41) is 11.8. The highest BCUT2D eigenvalue weighted by atomic mass is 35.5. The van der Waals surface area contributed by atoms with E-state index in [0.717, 1.165) is 35.2 Å². The second kappa shape index (κ2) is 12.7. The van der Waals surface area contributed by atoms with E-state index in [9.17, 15) is 9.59 Å². The van der Waals surface area contributed by atoms with Crippen molar-refractivity contribution in [1.82, 2.24) is 29.8 Å². The van der Waals surface area contributed by atoms with Crippen LogP contribution < -0.4 is 5.32 Å². The fourth-order valence-electron chi connectivity index (χ4n) is 5.43. The van der Waals surface area contributed by atoms with Gasteiger partial charge in [0.15, 0.2) is 5.82 Å². The van der Waals surface area contributed by atoms with E-state index in [1.807, 2.05) is 31.2 Å². The predicted molar refractivity (Wildman–Crippen MR) is 170 cm³/mol. The minimum absolute atomic E-state index is 0.0989. The van der Waals surface area contributed by atoms with Gasteiger partial charge in [-0.3, -0.25) is 9.59 Å². The zero-order chi connectivity index (χ0) is 30.7. The van der Waals surface area contributed by atoms with Crippen LogP contribution in [0.1, 0.15) is 44.4 Å². The molecule has 1 aliphatic rings. The molecule has 5 rings (SSSR count). The van der Waals surface area contributed by atoms with Gasteiger partial charge in [-0.1, -0.05) is 67.6 Å². The summed E-state index contributed by atoms with van der Waals surface area (Å²) in [4.78, 5) is 39.1. The van der Waals surface area contributed by atoms with Gasteiger partial charge in [0.05, 0.1) is 21.8 Å². The number of carbonyl (C=O) groups excluding carboxylic acids is 2. The first-order valence-corrected chi connectivity index (χ1v) is 14.8. The Bertz CT molecular complexity index is 1710. The first-order chi connectivity index (χ1) is 20.7. The van der Waals surface area contributed by atoms with Gasteiger partial charge in [0.2, 0.25) is 11.8 Å². The van der Waals surface area contributed by atoms with Crippen LogP contribution in [-0.4, -0.2) is 73.1 Å². The number of hydrogen-bond donors (Lipinski definition) is 1. The molecule has 4 aromatic rings. The number of amidine groups is 1. The van der Waals surface area contributed by atoms with Gasteiger partial charge in [0, 0.05) is 32.6 Å². The average molecular weight is 599 g/mol. The summed E-state index contributed by atoms with van der Waals surface area (Å²) in [6, 6.07) is 15.4. The summed E-state index contributed by atoms with van der Waals surface area (Å²) in [5.74, 6) is 0.848. The third kappa shape index (κ3) is 6.01. The number of carbonyl (C=O) groups is 2. The van der Waals surface area contributed by atoms with Crippen molar-refractivity contribution in [2.45, 2.75) is 46.6 Å². The summed E-state index contributed by atoms with van der Waals surface area (Å²) >= 11 is 6.95. The van der Waals surface area contributed by atoms with Gasteiger partial charge in [0.1, 0.15) is 17.2 Å². The van der Waals surface area contributed by atoms with Crippen LogP contribution in [0.4, 0.5) is 11.5 Å². The van der Waals surface area contributed by atoms with E-state index in [0.29, 0.717) is 53.2 Å². The molecule has 3 heterocycles. The van der Waals surface area contributed by atoms with E-state index in [1.165, 1.54) is 13.0 Å². The summed E-state index contributed by atoms with van der Waals surface area (Å²) in [5.41, 5.74) is 5.09. The quantitative estimate of drug-likeness (QED) is 0.175. The number of aromatic nitrogens is 4. The second-order valence-corrected chi connectivity index (χ2v) is 10.9. The molecule has 43 heavy (non-hydrogen) atoms. The van der Waals surface area contributed by atoms with Gasteiger partial charge in [-0.15, -0.1) is 5.10 Å². The number of nitrogens with one attached hydrogen (secondary N) is 1. The maximum Gasteiger partial charge on any atom is 0.246 e. The number of amides is 2. The molecule has 222 valence electrons. The molecule has 0 saturated carbocycles. The molecule has 11 heteroatoms. The fourth-order valence-corrected chi connectivity index (χ4v) is 5.66. The number of aryl methyl sites for hydroxylation is 2. The molecule has 1 fully saturated rings. The van der Waals surface area contributed by atoms with E-state index >= 15 is 0 Å². The third-order valence-electron chi connectivity index (χ3n) is 7.61. The molecular weight excluding hydrogens is 564 g/mol. The number of halogens is 1. The highest BCUT2D eigenvalue weighted by molar-refractivity contribution is 6.33. The van der Waals surface area contributed by atoms with E-state index < -0.39 is 0 Å². The molecule has 1 atom stereocenters. The summed E-state index contributed by atoms with van der Waals surface area (Å²) in [7, 11) is 0. The molecule has 2 aromatic carbocycles. The van der Waals surface area contributed by atoms with Crippen LogP contribution in [-0.2, 0) is 22.4 Å². The molecule has 0 bridgehead atoms. The Morgan fingerprint density at radius 2 is 1.84 bits per heavy atom. The normalized spacial score (nSPS) is 15.6. The standard InChI is InChI=1S/C32H35ClN8O2/c1-6-22-12-11-13-23(7-2)29(22)35-31(40-17-16-39(19-20(40)4)28(43)8-3)24-18-25(33)32(36-30(24)34-21(5)42)41-27-15-10-9-14-26(27)37-38-41/h8-15,18,20H,3,6-7,16-17,19H2,1-2,4-5H3,(H,34,36,42). The van der Waals surface area contributed by atoms with E-state index in [1.54, 1.807) is 15.6 Å². The van der Waals surface area contributed by atoms with E-state index in [4.69, 9.17) is 21.6 Å². The number of rotatable bonds is 7. The number of benzene rings is 2. The smallest absolute Gasteiger partial charge is 0.246 e. The molecule has 2 aromatic heterocycles. The Morgan fingerprint density at radius 3 is 2.49 bits per heavy atom. The van der Waals surface area contributed by atoms with Crippen molar-refractivity contribution in [2.24, 2.45) is 4.99 Å². The number of fused-ring (bicyclic) bond motifs is 1. The van der Waals surface area contributed by atoms with Crippen LogP contribution >= 0.6 is 11.6 Å².